The molecule has 7 nitrogen and oxygen atoms in total. The molecule has 112 valence electrons. The lowest BCUT2D eigenvalue weighted by molar-refractivity contribution is 0.0426. The Morgan fingerprint density at radius 1 is 0.609 bits per heavy atom. The largest absolute Gasteiger partial charge is 0.455 e. The van der Waals surface area contributed by atoms with Crippen LogP contribution in [-0.2, 0) is 9.47 Å². The summed E-state index contributed by atoms with van der Waals surface area (Å²) in [6, 6.07) is 8.81. The van der Waals surface area contributed by atoms with Crippen molar-refractivity contribution in [2.24, 2.45) is 0 Å². The molecule has 4 rings (SSSR count). The third kappa shape index (κ3) is 1.83. The molecule has 0 fully saturated rings. The standard InChI is InChI=1S/C16H6O7/c17-13-7-3-1-5-9(11(7)15(19)22-13)21-10-6-2-4-8-12(10)16(20)23-14(8)18/h1-6H. The van der Waals surface area contributed by atoms with Gasteiger partial charge >= 0.3 is 23.9 Å². The highest BCUT2D eigenvalue weighted by molar-refractivity contribution is 6.17. The van der Waals surface area contributed by atoms with Crippen LogP contribution in [-0.4, -0.2) is 23.9 Å². The van der Waals surface area contributed by atoms with Crippen molar-refractivity contribution in [2.75, 3.05) is 0 Å². The van der Waals surface area contributed by atoms with Crippen molar-refractivity contribution < 1.29 is 33.4 Å². The molecule has 2 aromatic rings. The Kier molecular flexibility index (Phi) is 2.59. The summed E-state index contributed by atoms with van der Waals surface area (Å²) < 4.78 is 14.7. The van der Waals surface area contributed by atoms with E-state index in [1.807, 2.05) is 0 Å². The minimum Gasteiger partial charge on any atom is -0.455 e. The Hall–Kier alpha value is -3.48. The lowest BCUT2D eigenvalue weighted by atomic mass is 10.1. The summed E-state index contributed by atoms with van der Waals surface area (Å²) in [5, 5.41) is 0. The summed E-state index contributed by atoms with van der Waals surface area (Å²) in [6.45, 7) is 0. The van der Waals surface area contributed by atoms with E-state index in [4.69, 9.17) is 4.74 Å². The van der Waals surface area contributed by atoms with E-state index in [-0.39, 0.29) is 33.8 Å². The van der Waals surface area contributed by atoms with E-state index in [0.29, 0.717) is 0 Å². The second-order valence-electron chi connectivity index (χ2n) is 4.81. The van der Waals surface area contributed by atoms with Crippen molar-refractivity contribution in [1.82, 2.24) is 0 Å². The van der Waals surface area contributed by atoms with Crippen LogP contribution in [0.5, 0.6) is 11.5 Å². The van der Waals surface area contributed by atoms with Crippen molar-refractivity contribution in [3.8, 4) is 11.5 Å². The fraction of sp³-hybridized carbons (Fsp3) is 0. The Bertz CT molecular complexity index is 851. The maximum absolute atomic E-state index is 11.8. The highest BCUT2D eigenvalue weighted by atomic mass is 16.6. The molecule has 0 bridgehead atoms. The lowest BCUT2D eigenvalue weighted by Crippen LogP contribution is -2.01. The highest BCUT2D eigenvalue weighted by Gasteiger charge is 2.36. The molecule has 0 atom stereocenters. The first kappa shape index (κ1) is 13.2. The number of benzene rings is 2. The Balaban J connectivity index is 1.83. The molecule has 0 aliphatic carbocycles. The number of carbonyl (C=O) groups excluding carboxylic acids is 4. The van der Waals surface area contributed by atoms with E-state index in [1.165, 1.54) is 36.4 Å². The number of esters is 4. The van der Waals surface area contributed by atoms with Gasteiger partial charge in [0.05, 0.1) is 11.1 Å². The second kappa shape index (κ2) is 4.51. The Morgan fingerprint density at radius 3 is 1.48 bits per heavy atom. The third-order valence-corrected chi connectivity index (χ3v) is 3.49. The van der Waals surface area contributed by atoms with Crippen LogP contribution in [0.3, 0.4) is 0 Å². The predicted molar refractivity (Wildman–Crippen MR) is 72.5 cm³/mol. The number of fused-ring (bicyclic) bond motifs is 2. The summed E-state index contributed by atoms with van der Waals surface area (Å²) in [7, 11) is 0. The summed E-state index contributed by atoms with van der Waals surface area (Å²) >= 11 is 0. The monoisotopic (exact) mass is 310 g/mol. The molecule has 0 saturated heterocycles. The van der Waals surface area contributed by atoms with Crippen LogP contribution in [0.1, 0.15) is 41.4 Å². The van der Waals surface area contributed by atoms with Crippen LogP contribution in [0.2, 0.25) is 0 Å². The van der Waals surface area contributed by atoms with Gasteiger partial charge in [-0.05, 0) is 24.3 Å². The molecule has 0 unspecified atom stereocenters. The van der Waals surface area contributed by atoms with Crippen LogP contribution in [0.4, 0.5) is 0 Å². The molecule has 23 heavy (non-hydrogen) atoms. The molecule has 7 heteroatoms. The highest BCUT2D eigenvalue weighted by Crippen LogP contribution is 2.36. The van der Waals surface area contributed by atoms with E-state index in [1.54, 1.807) is 0 Å². The average molecular weight is 310 g/mol. The zero-order valence-corrected chi connectivity index (χ0v) is 11.3. The smallest absolute Gasteiger partial charge is 0.350 e. The first-order valence-electron chi connectivity index (χ1n) is 6.53. The molecule has 2 aromatic carbocycles. The minimum atomic E-state index is -0.827. The van der Waals surface area contributed by atoms with Crippen LogP contribution >= 0.6 is 0 Å². The number of hydrogen-bond acceptors (Lipinski definition) is 7. The summed E-state index contributed by atoms with van der Waals surface area (Å²) in [5.41, 5.74) is 0.123. The molecule has 0 radical (unpaired) electrons. The van der Waals surface area contributed by atoms with E-state index in [0.717, 1.165) is 0 Å². The molecule has 0 aromatic heterocycles. The minimum absolute atomic E-state index is 0.0206. The zero-order valence-electron chi connectivity index (χ0n) is 11.3. The maximum atomic E-state index is 11.8. The molecule has 2 aliphatic rings. The molecular weight excluding hydrogens is 304 g/mol. The third-order valence-electron chi connectivity index (χ3n) is 3.49. The molecular formula is C16H6O7. The van der Waals surface area contributed by atoms with Gasteiger partial charge in [0, 0.05) is 0 Å². The van der Waals surface area contributed by atoms with Gasteiger partial charge in [-0.2, -0.15) is 0 Å². The molecule has 2 aliphatic heterocycles. The van der Waals surface area contributed by atoms with E-state index in [2.05, 4.69) is 9.47 Å². The first-order chi connectivity index (χ1) is 11.1. The van der Waals surface area contributed by atoms with Crippen LogP contribution in [0.15, 0.2) is 36.4 Å². The number of ether oxygens (including phenoxy) is 3. The van der Waals surface area contributed by atoms with Crippen molar-refractivity contribution >= 4 is 23.9 Å². The van der Waals surface area contributed by atoms with Gasteiger partial charge in [-0.3, -0.25) is 0 Å². The number of carbonyl (C=O) groups is 4. The fourth-order valence-electron chi connectivity index (χ4n) is 2.49. The van der Waals surface area contributed by atoms with Gasteiger partial charge in [0.2, 0.25) is 0 Å². The van der Waals surface area contributed by atoms with Crippen molar-refractivity contribution in [3.05, 3.63) is 58.7 Å². The fourth-order valence-corrected chi connectivity index (χ4v) is 2.49. The molecule has 2 heterocycles. The molecule has 0 spiro atoms. The molecule has 0 saturated carbocycles. The van der Waals surface area contributed by atoms with Gasteiger partial charge < -0.3 is 14.2 Å². The van der Waals surface area contributed by atoms with Crippen LogP contribution < -0.4 is 4.74 Å². The summed E-state index contributed by atoms with van der Waals surface area (Å²) in [4.78, 5) is 46.6. The van der Waals surface area contributed by atoms with Crippen molar-refractivity contribution in [3.63, 3.8) is 0 Å². The first-order valence-corrected chi connectivity index (χ1v) is 6.53. The van der Waals surface area contributed by atoms with Crippen LogP contribution in [0.25, 0.3) is 0 Å². The molecule has 0 N–H and O–H groups in total. The number of hydrogen-bond donors (Lipinski definition) is 0. The molecule has 0 amide bonds. The van der Waals surface area contributed by atoms with Gasteiger partial charge in [-0.1, -0.05) is 12.1 Å². The Labute approximate surface area is 128 Å². The van der Waals surface area contributed by atoms with Gasteiger partial charge in [0.1, 0.15) is 22.6 Å². The summed E-state index contributed by atoms with van der Waals surface area (Å²) in [6.07, 6.45) is 0. The van der Waals surface area contributed by atoms with Gasteiger partial charge in [-0.15, -0.1) is 0 Å². The number of cyclic esters (lactones) is 4. The van der Waals surface area contributed by atoms with Gasteiger partial charge in [0.25, 0.3) is 0 Å². The summed E-state index contributed by atoms with van der Waals surface area (Å²) in [5.74, 6) is -3.07. The van der Waals surface area contributed by atoms with E-state index in [9.17, 15) is 19.2 Å². The normalized spacial score (nSPS) is 15.1. The van der Waals surface area contributed by atoms with Gasteiger partial charge in [0.15, 0.2) is 0 Å². The quantitative estimate of drug-likeness (QED) is 0.619. The van der Waals surface area contributed by atoms with E-state index >= 15 is 0 Å². The second-order valence-corrected chi connectivity index (χ2v) is 4.81. The number of rotatable bonds is 2. The van der Waals surface area contributed by atoms with E-state index < -0.39 is 23.9 Å². The predicted octanol–water partition coefficient (Wildman–Crippen LogP) is 2.10. The topological polar surface area (TPSA) is 96.0 Å². The Morgan fingerprint density at radius 2 is 1.04 bits per heavy atom. The lowest BCUT2D eigenvalue weighted by Gasteiger charge is -2.09. The van der Waals surface area contributed by atoms with Gasteiger partial charge in [-0.25, -0.2) is 19.2 Å². The van der Waals surface area contributed by atoms with Crippen molar-refractivity contribution in [2.45, 2.75) is 0 Å². The SMILES string of the molecule is O=C1OC(=O)c2c(Oc3cccc4c3C(=O)OC4=O)cccc21. The average Bonchev–Trinajstić information content (AvgIpc) is 2.98. The van der Waals surface area contributed by atoms with Crippen molar-refractivity contribution in [1.29, 1.82) is 0 Å². The zero-order chi connectivity index (χ0) is 16.1. The van der Waals surface area contributed by atoms with Crippen LogP contribution in [0, 0.1) is 0 Å². The maximum Gasteiger partial charge on any atom is 0.350 e.